The van der Waals surface area contributed by atoms with Gasteiger partial charge in [0.1, 0.15) is 17.1 Å². The molecule has 3 N–H and O–H groups in total. The lowest BCUT2D eigenvalue weighted by molar-refractivity contribution is -0.169. The van der Waals surface area contributed by atoms with E-state index in [1.807, 2.05) is 0 Å². The Bertz CT molecular complexity index is 1400. The quantitative estimate of drug-likeness (QED) is 0.179. The Kier molecular flexibility index (Phi) is 6.97. The van der Waals surface area contributed by atoms with Crippen LogP contribution in [-0.2, 0) is 27.3 Å². The van der Waals surface area contributed by atoms with Crippen molar-refractivity contribution in [3.05, 3.63) is 78.3 Å². The first-order valence-corrected chi connectivity index (χ1v) is 10.4. The Balaban J connectivity index is 1.88. The van der Waals surface area contributed by atoms with Crippen LogP contribution in [0.2, 0.25) is 0 Å². The summed E-state index contributed by atoms with van der Waals surface area (Å²) in [6, 6.07) is 9.36. The second-order valence-corrected chi connectivity index (χ2v) is 7.49. The van der Waals surface area contributed by atoms with E-state index in [4.69, 9.17) is 15.5 Å². The minimum atomic E-state index is -1.00. The van der Waals surface area contributed by atoms with Crippen LogP contribution in [0.1, 0.15) is 16.7 Å². The summed E-state index contributed by atoms with van der Waals surface area (Å²) in [7, 11) is 0. The van der Waals surface area contributed by atoms with E-state index >= 15 is 0 Å². The average Bonchev–Trinajstić information content (AvgIpc) is 2.87. The van der Waals surface area contributed by atoms with Gasteiger partial charge in [-0.2, -0.15) is 0 Å². The van der Waals surface area contributed by atoms with E-state index in [0.29, 0.717) is 33.8 Å². The lowest BCUT2D eigenvalue weighted by Gasteiger charge is -2.09. The first-order valence-electron chi connectivity index (χ1n) is 10.4. The van der Waals surface area contributed by atoms with Crippen molar-refractivity contribution in [3.8, 4) is 34.6 Å². The maximum atomic E-state index is 11.2. The Labute approximate surface area is 203 Å². The molecule has 36 heavy (non-hydrogen) atoms. The molecule has 0 saturated carbocycles. The fraction of sp³-hybridized carbons (Fsp3) is 0.0833. The number of nitrogens with zero attached hydrogens (tertiary/aromatic N) is 6. The van der Waals surface area contributed by atoms with Crippen molar-refractivity contribution in [2.24, 2.45) is 0 Å². The number of rotatable bonds is 9. The highest BCUT2D eigenvalue weighted by Crippen LogP contribution is 2.24. The molecule has 0 unspecified atom stereocenters. The molecule has 0 aliphatic carbocycles. The lowest BCUT2D eigenvalue weighted by atomic mass is 10.1. The van der Waals surface area contributed by atoms with Crippen LogP contribution >= 0.6 is 0 Å². The molecule has 0 amide bonds. The Hall–Kier alpha value is -5.10. The molecule has 4 heterocycles. The van der Waals surface area contributed by atoms with Gasteiger partial charge in [0.2, 0.25) is 0 Å². The van der Waals surface area contributed by atoms with Gasteiger partial charge in [0.25, 0.3) is 0 Å². The first kappa shape index (κ1) is 24.0. The predicted octanol–water partition coefficient (Wildman–Crippen LogP) is 2.77. The fourth-order valence-electron chi connectivity index (χ4n) is 3.26. The summed E-state index contributed by atoms with van der Waals surface area (Å²) >= 11 is 0. The molecule has 0 aliphatic rings. The highest BCUT2D eigenvalue weighted by Gasteiger charge is 2.17. The topological polar surface area (TPSA) is 181 Å². The van der Waals surface area contributed by atoms with Crippen LogP contribution in [0.5, 0.6) is 0 Å². The van der Waals surface area contributed by atoms with Crippen molar-refractivity contribution in [1.29, 1.82) is 0 Å². The standard InChI is InChI=1S/C24H18N6O6/c1-13(36-35)16-4-7-27-19(12-16)24-29-22(17-8-14(2-5-25-17)10-20(31)32)28-23(30-24)18-9-15(3-6-26-18)11-21(33)34/h2-9,12,35H,1,10-11H2,(H,31,32)(H,33,34). The number of carbonyl (C=O) groups is 2. The molecule has 0 aromatic carbocycles. The van der Waals surface area contributed by atoms with E-state index in [0.717, 1.165) is 0 Å². The minimum Gasteiger partial charge on any atom is -0.481 e. The summed E-state index contributed by atoms with van der Waals surface area (Å²) < 4.78 is 0. The van der Waals surface area contributed by atoms with Crippen molar-refractivity contribution in [2.75, 3.05) is 0 Å². The molecule has 4 aromatic heterocycles. The SMILES string of the molecule is C=C(OO)c1ccnc(-c2nc(-c3cc(CC(=O)O)ccn3)nc(-c3cc(CC(=O)O)ccn3)n2)c1. The molecule has 0 aliphatic heterocycles. The van der Waals surface area contributed by atoms with Crippen LogP contribution in [0.4, 0.5) is 0 Å². The van der Waals surface area contributed by atoms with Gasteiger partial charge < -0.3 is 15.1 Å². The molecular formula is C24H18N6O6. The molecule has 0 fully saturated rings. The third kappa shape index (κ3) is 5.69. The van der Waals surface area contributed by atoms with E-state index in [1.54, 1.807) is 36.4 Å². The molecule has 0 saturated heterocycles. The summed E-state index contributed by atoms with van der Waals surface area (Å²) in [5.74, 6) is -1.65. The van der Waals surface area contributed by atoms with Gasteiger partial charge >= 0.3 is 11.9 Å². The predicted molar refractivity (Wildman–Crippen MR) is 125 cm³/mol. The molecular weight excluding hydrogens is 468 g/mol. The summed E-state index contributed by atoms with van der Waals surface area (Å²) in [6.45, 7) is 3.61. The summed E-state index contributed by atoms with van der Waals surface area (Å²) in [4.78, 5) is 52.8. The van der Waals surface area contributed by atoms with E-state index in [1.165, 1.54) is 18.6 Å². The number of aromatic nitrogens is 6. The third-order valence-electron chi connectivity index (χ3n) is 4.87. The van der Waals surface area contributed by atoms with Gasteiger partial charge in [-0.05, 0) is 47.5 Å². The Morgan fingerprint density at radius 2 is 1.14 bits per heavy atom. The highest BCUT2D eigenvalue weighted by atomic mass is 17.1. The maximum absolute atomic E-state index is 11.2. The zero-order valence-electron chi connectivity index (χ0n) is 18.6. The van der Waals surface area contributed by atoms with Crippen LogP contribution in [-0.4, -0.2) is 57.3 Å². The zero-order valence-corrected chi connectivity index (χ0v) is 18.6. The number of carboxylic acids is 2. The number of aliphatic carboxylic acids is 2. The second kappa shape index (κ2) is 10.4. The molecule has 12 heteroatoms. The number of hydrogen-bond acceptors (Lipinski definition) is 10. The third-order valence-corrected chi connectivity index (χ3v) is 4.87. The van der Waals surface area contributed by atoms with E-state index in [-0.39, 0.29) is 36.1 Å². The lowest BCUT2D eigenvalue weighted by Crippen LogP contribution is -2.05. The molecule has 0 bridgehead atoms. The number of pyridine rings is 3. The molecule has 0 atom stereocenters. The van der Waals surface area contributed by atoms with Gasteiger partial charge in [0.05, 0.1) is 12.8 Å². The van der Waals surface area contributed by atoms with E-state index in [2.05, 4.69) is 41.4 Å². The van der Waals surface area contributed by atoms with Gasteiger partial charge in [0, 0.05) is 24.2 Å². The first-order chi connectivity index (χ1) is 17.3. The van der Waals surface area contributed by atoms with Crippen LogP contribution in [0.25, 0.3) is 40.3 Å². The summed E-state index contributed by atoms with van der Waals surface area (Å²) in [6.07, 6.45) is 3.92. The highest BCUT2D eigenvalue weighted by molar-refractivity contribution is 5.72. The zero-order chi connectivity index (χ0) is 25.7. The van der Waals surface area contributed by atoms with Crippen LogP contribution in [0, 0.1) is 0 Å². The van der Waals surface area contributed by atoms with Crippen molar-refractivity contribution in [3.63, 3.8) is 0 Å². The van der Waals surface area contributed by atoms with Gasteiger partial charge in [-0.15, -0.1) is 0 Å². The number of hydrogen-bond donors (Lipinski definition) is 3. The average molecular weight is 486 g/mol. The van der Waals surface area contributed by atoms with Gasteiger partial charge in [0.15, 0.2) is 23.2 Å². The van der Waals surface area contributed by atoms with Crippen molar-refractivity contribution >= 4 is 17.7 Å². The van der Waals surface area contributed by atoms with Crippen LogP contribution < -0.4 is 0 Å². The van der Waals surface area contributed by atoms with Crippen molar-refractivity contribution in [1.82, 2.24) is 29.9 Å². The van der Waals surface area contributed by atoms with Crippen molar-refractivity contribution in [2.45, 2.75) is 12.8 Å². The van der Waals surface area contributed by atoms with Gasteiger partial charge in [-0.25, -0.2) is 20.2 Å². The Morgan fingerprint density at radius 3 is 1.56 bits per heavy atom. The molecule has 0 radical (unpaired) electrons. The van der Waals surface area contributed by atoms with Gasteiger partial charge in [-0.3, -0.25) is 24.5 Å². The monoisotopic (exact) mass is 486 g/mol. The molecule has 180 valence electrons. The fourth-order valence-corrected chi connectivity index (χ4v) is 3.26. The van der Waals surface area contributed by atoms with E-state index < -0.39 is 11.9 Å². The minimum absolute atomic E-state index is 0.0146. The van der Waals surface area contributed by atoms with E-state index in [9.17, 15) is 9.59 Å². The van der Waals surface area contributed by atoms with Crippen LogP contribution in [0.15, 0.2) is 61.6 Å². The smallest absolute Gasteiger partial charge is 0.307 e. The molecule has 4 rings (SSSR count). The normalized spacial score (nSPS) is 10.6. The summed E-state index contributed by atoms with van der Waals surface area (Å²) in [5.41, 5.74) is 2.29. The molecule has 0 spiro atoms. The number of carboxylic acid groups (broad SMARTS) is 2. The van der Waals surface area contributed by atoms with Gasteiger partial charge in [-0.1, -0.05) is 6.58 Å². The molecule has 12 nitrogen and oxygen atoms in total. The molecule has 4 aromatic rings. The second-order valence-electron chi connectivity index (χ2n) is 7.49. The Morgan fingerprint density at radius 1 is 0.722 bits per heavy atom. The summed E-state index contributed by atoms with van der Waals surface area (Å²) in [5, 5.41) is 27.2. The largest absolute Gasteiger partial charge is 0.481 e. The van der Waals surface area contributed by atoms with Crippen LogP contribution in [0.3, 0.4) is 0 Å². The maximum Gasteiger partial charge on any atom is 0.307 e. The van der Waals surface area contributed by atoms with Crippen molar-refractivity contribution < 1.29 is 29.9 Å².